The maximum Gasteiger partial charge on any atom is 0.305 e. The third-order valence-electron chi connectivity index (χ3n) is 2.69. The summed E-state index contributed by atoms with van der Waals surface area (Å²) >= 11 is 0. The first kappa shape index (κ1) is 14.4. The Morgan fingerprint density at radius 2 is 2.28 bits per heavy atom. The zero-order valence-electron chi connectivity index (χ0n) is 10.6. The Kier molecular flexibility index (Phi) is 5.58. The van der Waals surface area contributed by atoms with Crippen LogP contribution in [0.1, 0.15) is 31.4 Å². The van der Waals surface area contributed by atoms with Crippen molar-refractivity contribution in [1.29, 1.82) is 0 Å². The summed E-state index contributed by atoms with van der Waals surface area (Å²) in [7, 11) is 1.35. The molecule has 0 aliphatic carbocycles. The van der Waals surface area contributed by atoms with Crippen LogP contribution in [0.2, 0.25) is 0 Å². The molecule has 0 amide bonds. The van der Waals surface area contributed by atoms with Gasteiger partial charge >= 0.3 is 5.97 Å². The molecule has 1 rings (SSSR count). The number of carbonyl (C=O) groups excluding carboxylic acids is 1. The van der Waals surface area contributed by atoms with Gasteiger partial charge in [0.15, 0.2) is 0 Å². The average Bonchev–Trinajstić information content (AvgIpc) is 2.34. The maximum absolute atomic E-state index is 13.5. The van der Waals surface area contributed by atoms with Gasteiger partial charge in [0.25, 0.3) is 0 Å². The molecule has 5 heteroatoms. The normalized spacial score (nSPS) is 12.2. The van der Waals surface area contributed by atoms with Gasteiger partial charge in [-0.25, -0.2) is 4.39 Å². The monoisotopic (exact) mass is 255 g/mol. The quantitative estimate of drug-likeness (QED) is 0.604. The SMILES string of the molecule is COC(=O)CCCNC(C)c1ccc(O)cc1F. The first-order valence-corrected chi connectivity index (χ1v) is 5.83. The van der Waals surface area contributed by atoms with Crippen molar-refractivity contribution in [2.75, 3.05) is 13.7 Å². The van der Waals surface area contributed by atoms with E-state index in [1.165, 1.54) is 13.2 Å². The standard InChI is InChI=1S/C13H18FNO3/c1-9(15-7-3-4-13(17)18-2)11-6-5-10(16)8-12(11)14/h5-6,8-9,15-16H,3-4,7H2,1-2H3. The molecule has 18 heavy (non-hydrogen) atoms. The Morgan fingerprint density at radius 3 is 2.89 bits per heavy atom. The highest BCUT2D eigenvalue weighted by atomic mass is 19.1. The molecule has 0 spiro atoms. The summed E-state index contributed by atoms with van der Waals surface area (Å²) in [5, 5.41) is 12.2. The molecule has 0 aromatic heterocycles. The van der Waals surface area contributed by atoms with Gasteiger partial charge in [-0.3, -0.25) is 4.79 Å². The number of halogens is 1. The number of phenols is 1. The fourth-order valence-corrected chi connectivity index (χ4v) is 1.63. The molecule has 0 heterocycles. The number of hydrogen-bond donors (Lipinski definition) is 2. The number of benzene rings is 1. The predicted molar refractivity (Wildman–Crippen MR) is 65.7 cm³/mol. The van der Waals surface area contributed by atoms with Gasteiger partial charge in [-0.1, -0.05) is 6.07 Å². The summed E-state index contributed by atoms with van der Waals surface area (Å²) < 4.78 is 18.0. The minimum absolute atomic E-state index is 0.0888. The van der Waals surface area contributed by atoms with Gasteiger partial charge < -0.3 is 15.2 Å². The minimum atomic E-state index is -0.442. The van der Waals surface area contributed by atoms with Gasteiger partial charge in [0.05, 0.1) is 7.11 Å². The molecular formula is C13H18FNO3. The van der Waals surface area contributed by atoms with Crippen LogP contribution in [0.5, 0.6) is 5.75 Å². The number of methoxy groups -OCH3 is 1. The highest BCUT2D eigenvalue weighted by molar-refractivity contribution is 5.69. The molecule has 0 saturated heterocycles. The fourth-order valence-electron chi connectivity index (χ4n) is 1.63. The summed E-state index contributed by atoms with van der Waals surface area (Å²) in [6.07, 6.45) is 0.977. The van der Waals surface area contributed by atoms with Crippen molar-refractivity contribution in [3.8, 4) is 5.75 Å². The van der Waals surface area contributed by atoms with E-state index < -0.39 is 5.82 Å². The molecular weight excluding hydrogens is 237 g/mol. The van der Waals surface area contributed by atoms with Crippen molar-refractivity contribution in [3.63, 3.8) is 0 Å². The van der Waals surface area contributed by atoms with Crippen LogP contribution in [0.25, 0.3) is 0 Å². The number of aromatic hydroxyl groups is 1. The molecule has 0 bridgehead atoms. The van der Waals surface area contributed by atoms with Gasteiger partial charge in [-0.15, -0.1) is 0 Å². The highest BCUT2D eigenvalue weighted by Crippen LogP contribution is 2.20. The van der Waals surface area contributed by atoms with Crippen molar-refractivity contribution in [2.24, 2.45) is 0 Å². The Hall–Kier alpha value is -1.62. The second-order valence-corrected chi connectivity index (χ2v) is 4.06. The van der Waals surface area contributed by atoms with Gasteiger partial charge in [0.1, 0.15) is 11.6 Å². The van der Waals surface area contributed by atoms with Gasteiger partial charge in [-0.05, 0) is 26.0 Å². The van der Waals surface area contributed by atoms with E-state index in [-0.39, 0.29) is 17.8 Å². The second-order valence-electron chi connectivity index (χ2n) is 4.06. The first-order valence-electron chi connectivity index (χ1n) is 5.83. The third-order valence-corrected chi connectivity index (χ3v) is 2.69. The molecule has 4 nitrogen and oxygen atoms in total. The van der Waals surface area contributed by atoms with Crippen LogP contribution in [-0.4, -0.2) is 24.7 Å². The largest absolute Gasteiger partial charge is 0.508 e. The van der Waals surface area contributed by atoms with Crippen molar-refractivity contribution in [3.05, 3.63) is 29.6 Å². The third kappa shape index (κ3) is 4.33. The molecule has 2 N–H and O–H groups in total. The lowest BCUT2D eigenvalue weighted by Crippen LogP contribution is -2.21. The Labute approximate surface area is 106 Å². The van der Waals surface area contributed by atoms with Crippen LogP contribution in [-0.2, 0) is 9.53 Å². The lowest BCUT2D eigenvalue weighted by molar-refractivity contribution is -0.140. The van der Waals surface area contributed by atoms with E-state index >= 15 is 0 Å². The molecule has 0 fully saturated rings. The smallest absolute Gasteiger partial charge is 0.305 e. The van der Waals surface area contributed by atoms with Crippen molar-refractivity contribution in [2.45, 2.75) is 25.8 Å². The topological polar surface area (TPSA) is 58.6 Å². The number of phenolic OH excluding ortho intramolecular Hbond substituents is 1. The molecule has 0 aliphatic rings. The summed E-state index contributed by atoms with van der Waals surface area (Å²) in [6, 6.07) is 3.90. The number of esters is 1. The molecule has 100 valence electrons. The zero-order chi connectivity index (χ0) is 13.5. The zero-order valence-corrected chi connectivity index (χ0v) is 10.6. The number of rotatable bonds is 6. The maximum atomic E-state index is 13.5. The highest BCUT2D eigenvalue weighted by Gasteiger charge is 2.10. The van der Waals surface area contributed by atoms with Crippen molar-refractivity contribution >= 4 is 5.97 Å². The lowest BCUT2D eigenvalue weighted by atomic mass is 10.1. The van der Waals surface area contributed by atoms with Crippen molar-refractivity contribution in [1.82, 2.24) is 5.32 Å². The Balaban J connectivity index is 2.40. The van der Waals surface area contributed by atoms with Crippen LogP contribution in [0, 0.1) is 5.82 Å². The first-order chi connectivity index (χ1) is 8.54. The summed E-state index contributed by atoms with van der Waals surface area (Å²) in [6.45, 7) is 2.42. The fraction of sp³-hybridized carbons (Fsp3) is 0.462. The lowest BCUT2D eigenvalue weighted by Gasteiger charge is -2.14. The molecule has 0 saturated carbocycles. The molecule has 0 radical (unpaired) electrons. The Bertz CT molecular complexity index is 409. The van der Waals surface area contributed by atoms with E-state index in [4.69, 9.17) is 5.11 Å². The van der Waals surface area contributed by atoms with Gasteiger partial charge in [-0.2, -0.15) is 0 Å². The van der Waals surface area contributed by atoms with Gasteiger partial charge in [0, 0.05) is 24.1 Å². The molecule has 1 atom stereocenters. The van der Waals surface area contributed by atoms with E-state index in [2.05, 4.69) is 10.1 Å². The second kappa shape index (κ2) is 6.96. The molecule has 1 aromatic rings. The van der Waals surface area contributed by atoms with Crippen LogP contribution < -0.4 is 5.32 Å². The Morgan fingerprint density at radius 1 is 1.56 bits per heavy atom. The van der Waals surface area contributed by atoms with E-state index in [1.54, 1.807) is 6.07 Å². The van der Waals surface area contributed by atoms with E-state index in [1.807, 2.05) is 6.92 Å². The van der Waals surface area contributed by atoms with Crippen molar-refractivity contribution < 1.29 is 19.0 Å². The molecule has 1 unspecified atom stereocenters. The average molecular weight is 255 g/mol. The minimum Gasteiger partial charge on any atom is -0.508 e. The van der Waals surface area contributed by atoms with Crippen LogP contribution in [0.15, 0.2) is 18.2 Å². The molecule has 0 aliphatic heterocycles. The van der Waals surface area contributed by atoms with Gasteiger partial charge in [0.2, 0.25) is 0 Å². The number of carbonyl (C=O) groups is 1. The van der Waals surface area contributed by atoms with E-state index in [0.29, 0.717) is 24.9 Å². The van der Waals surface area contributed by atoms with E-state index in [9.17, 15) is 9.18 Å². The number of hydrogen-bond acceptors (Lipinski definition) is 4. The summed E-state index contributed by atoms with van der Waals surface area (Å²) in [4.78, 5) is 10.9. The van der Waals surface area contributed by atoms with Crippen LogP contribution >= 0.6 is 0 Å². The van der Waals surface area contributed by atoms with Crippen LogP contribution in [0.4, 0.5) is 4.39 Å². The molecule has 1 aromatic carbocycles. The number of ether oxygens (including phenoxy) is 1. The van der Waals surface area contributed by atoms with E-state index in [0.717, 1.165) is 6.07 Å². The number of nitrogens with one attached hydrogen (secondary N) is 1. The van der Waals surface area contributed by atoms with Crippen LogP contribution in [0.3, 0.4) is 0 Å². The summed E-state index contributed by atoms with van der Waals surface area (Å²) in [5.74, 6) is -0.780. The predicted octanol–water partition coefficient (Wildman–Crippen LogP) is 2.14. The summed E-state index contributed by atoms with van der Waals surface area (Å²) in [5.41, 5.74) is 0.492.